The first-order chi connectivity index (χ1) is 12.0. The zero-order chi connectivity index (χ0) is 18.2. The van der Waals surface area contributed by atoms with Crippen molar-refractivity contribution in [2.75, 3.05) is 31.3 Å². The van der Waals surface area contributed by atoms with Gasteiger partial charge in [-0.25, -0.2) is 9.97 Å². The van der Waals surface area contributed by atoms with Gasteiger partial charge in [-0.2, -0.15) is 0 Å². The summed E-state index contributed by atoms with van der Waals surface area (Å²) in [4.78, 5) is 18.0. The fourth-order valence-electron chi connectivity index (χ4n) is 2.24. The Morgan fingerprint density at radius 2 is 1.92 bits per heavy atom. The highest BCUT2D eigenvalue weighted by molar-refractivity contribution is 6.16. The number of aromatic nitrogens is 2. The van der Waals surface area contributed by atoms with Gasteiger partial charge in [0.25, 0.3) is 5.69 Å². The number of hydrogen-bond donors (Lipinski definition) is 3. The van der Waals surface area contributed by atoms with Crippen LogP contribution >= 0.6 is 0 Å². The molecule has 0 spiro atoms. The highest BCUT2D eigenvalue weighted by atomic mass is 16.6. The third kappa shape index (κ3) is 4.70. The summed E-state index contributed by atoms with van der Waals surface area (Å²) in [5.41, 5.74) is 6.70. The average molecular weight is 344 g/mol. The van der Waals surface area contributed by atoms with Gasteiger partial charge in [0.2, 0.25) is 0 Å². The molecule has 1 aliphatic rings. The number of nitrogen functional groups attached to an aromatic ring is 1. The third-order valence-corrected chi connectivity index (χ3v) is 3.56. The molecular formula is C16H20N6O3. The fourth-order valence-corrected chi connectivity index (χ4v) is 2.24. The van der Waals surface area contributed by atoms with Gasteiger partial charge in [-0.05, 0) is 25.0 Å². The number of nitrogens with zero attached hydrogens (tertiary/aromatic N) is 3. The molecule has 1 aromatic heterocycles. The van der Waals surface area contributed by atoms with Gasteiger partial charge < -0.3 is 15.8 Å². The lowest BCUT2D eigenvalue weighted by Crippen LogP contribution is -2.12. The van der Waals surface area contributed by atoms with E-state index in [1.54, 1.807) is 7.05 Å². The quantitative estimate of drug-likeness (QED) is 0.439. The average Bonchev–Trinajstić information content (AvgIpc) is 3.21. The van der Waals surface area contributed by atoms with Crippen LogP contribution in [0.5, 0.6) is 0 Å². The van der Waals surface area contributed by atoms with Crippen molar-refractivity contribution >= 4 is 23.0 Å². The Bertz CT molecular complexity index is 736. The van der Waals surface area contributed by atoms with Crippen molar-refractivity contribution in [3.63, 3.8) is 0 Å². The van der Waals surface area contributed by atoms with Crippen LogP contribution in [0.3, 0.4) is 0 Å². The molecule has 4 N–H and O–H groups in total. The van der Waals surface area contributed by atoms with Crippen molar-refractivity contribution in [3.05, 3.63) is 51.8 Å². The standard InChI is InChI=1S/C12H12N6O2.C4H8O/c1-15-12-9(11(14)16-6-17-12)10(13)7-2-4-8(5-3-7)18(19)20;1-2-4-5-3-1/h2-6,13H,1H3,(H3,14,15,16,17);1-4H2. The van der Waals surface area contributed by atoms with Crippen LogP contribution in [0.4, 0.5) is 17.3 Å². The minimum absolute atomic E-state index is 0.0346. The first-order valence-corrected chi connectivity index (χ1v) is 7.74. The van der Waals surface area contributed by atoms with E-state index in [1.165, 1.54) is 43.4 Å². The Hall–Kier alpha value is -3.07. The molecular weight excluding hydrogens is 324 g/mol. The minimum atomic E-state index is -0.494. The summed E-state index contributed by atoms with van der Waals surface area (Å²) in [7, 11) is 1.66. The van der Waals surface area contributed by atoms with Gasteiger partial charge in [-0.3, -0.25) is 15.5 Å². The summed E-state index contributed by atoms with van der Waals surface area (Å²) >= 11 is 0. The lowest BCUT2D eigenvalue weighted by molar-refractivity contribution is -0.384. The SMILES string of the molecule is C1CCOC1.CNc1ncnc(N)c1C(=N)c1ccc([N+](=O)[O-])cc1. The lowest BCUT2D eigenvalue weighted by Gasteiger charge is -2.11. The Balaban J connectivity index is 0.000000386. The molecule has 9 heteroatoms. The molecule has 0 radical (unpaired) electrons. The van der Waals surface area contributed by atoms with Crippen LogP contribution in [0.1, 0.15) is 24.0 Å². The molecule has 1 aromatic carbocycles. The van der Waals surface area contributed by atoms with Crippen LogP contribution in [-0.4, -0.2) is 40.9 Å². The highest BCUT2D eigenvalue weighted by Gasteiger charge is 2.16. The monoisotopic (exact) mass is 344 g/mol. The lowest BCUT2D eigenvalue weighted by atomic mass is 10.0. The summed E-state index contributed by atoms with van der Waals surface area (Å²) in [6.07, 6.45) is 3.85. The van der Waals surface area contributed by atoms with Gasteiger partial charge in [0.15, 0.2) is 0 Å². The number of hydrogen-bond acceptors (Lipinski definition) is 8. The molecule has 0 saturated carbocycles. The van der Waals surface area contributed by atoms with Gasteiger partial charge >= 0.3 is 0 Å². The normalized spacial score (nSPS) is 12.8. The van der Waals surface area contributed by atoms with Crippen molar-refractivity contribution in [3.8, 4) is 0 Å². The zero-order valence-corrected chi connectivity index (χ0v) is 13.9. The van der Waals surface area contributed by atoms with Crippen LogP contribution in [0.15, 0.2) is 30.6 Å². The maximum atomic E-state index is 10.6. The summed E-state index contributed by atoms with van der Waals surface area (Å²) in [5, 5.41) is 21.6. The van der Waals surface area contributed by atoms with E-state index in [0.29, 0.717) is 16.9 Å². The Morgan fingerprint density at radius 1 is 1.28 bits per heavy atom. The maximum absolute atomic E-state index is 10.6. The number of nitrogens with two attached hydrogens (primary N) is 1. The summed E-state index contributed by atoms with van der Waals surface area (Å²) in [6.45, 7) is 2.00. The van der Waals surface area contributed by atoms with E-state index in [9.17, 15) is 10.1 Å². The number of rotatable bonds is 4. The zero-order valence-electron chi connectivity index (χ0n) is 13.9. The van der Waals surface area contributed by atoms with E-state index in [-0.39, 0.29) is 17.2 Å². The molecule has 0 atom stereocenters. The van der Waals surface area contributed by atoms with Crippen molar-refractivity contribution < 1.29 is 9.66 Å². The molecule has 0 unspecified atom stereocenters. The Morgan fingerprint density at radius 3 is 2.40 bits per heavy atom. The molecule has 9 nitrogen and oxygen atoms in total. The second-order valence-electron chi connectivity index (χ2n) is 5.23. The molecule has 3 rings (SSSR count). The Kier molecular flexibility index (Phi) is 6.35. The molecule has 132 valence electrons. The third-order valence-electron chi connectivity index (χ3n) is 3.56. The molecule has 2 heterocycles. The molecule has 25 heavy (non-hydrogen) atoms. The predicted octanol–water partition coefficient (Wildman–Crippen LogP) is 2.22. The van der Waals surface area contributed by atoms with Crippen LogP contribution < -0.4 is 11.1 Å². The number of anilines is 2. The van der Waals surface area contributed by atoms with Crippen LogP contribution in [-0.2, 0) is 4.74 Å². The van der Waals surface area contributed by atoms with Gasteiger partial charge in [-0.15, -0.1) is 0 Å². The number of benzene rings is 1. The molecule has 2 aromatic rings. The van der Waals surface area contributed by atoms with Crippen LogP contribution in [0.2, 0.25) is 0 Å². The first kappa shape index (κ1) is 18.3. The van der Waals surface area contributed by atoms with Gasteiger partial charge in [0.05, 0.1) is 16.2 Å². The van der Waals surface area contributed by atoms with E-state index >= 15 is 0 Å². The van der Waals surface area contributed by atoms with E-state index in [1.807, 2.05) is 0 Å². The summed E-state index contributed by atoms with van der Waals surface area (Å²) in [5.74, 6) is 0.605. The number of nitrogens with one attached hydrogen (secondary N) is 2. The smallest absolute Gasteiger partial charge is 0.269 e. The number of ether oxygens (including phenoxy) is 1. The summed E-state index contributed by atoms with van der Waals surface area (Å²) < 4.78 is 4.94. The van der Waals surface area contributed by atoms with Gasteiger partial charge in [0.1, 0.15) is 18.0 Å². The minimum Gasteiger partial charge on any atom is -0.383 e. The van der Waals surface area contributed by atoms with Crippen molar-refractivity contribution in [1.29, 1.82) is 5.41 Å². The molecule has 1 aliphatic heterocycles. The van der Waals surface area contributed by atoms with Crippen LogP contribution in [0.25, 0.3) is 0 Å². The van der Waals surface area contributed by atoms with Crippen molar-refractivity contribution in [2.24, 2.45) is 0 Å². The van der Waals surface area contributed by atoms with Crippen molar-refractivity contribution in [1.82, 2.24) is 9.97 Å². The number of nitro benzene ring substituents is 1. The van der Waals surface area contributed by atoms with Crippen LogP contribution in [0, 0.1) is 15.5 Å². The first-order valence-electron chi connectivity index (χ1n) is 7.74. The Labute approximate surface area is 144 Å². The fraction of sp³-hybridized carbons (Fsp3) is 0.312. The largest absolute Gasteiger partial charge is 0.383 e. The van der Waals surface area contributed by atoms with Gasteiger partial charge in [0, 0.05) is 38.0 Å². The second kappa shape index (κ2) is 8.69. The van der Waals surface area contributed by atoms with E-state index in [0.717, 1.165) is 13.2 Å². The summed E-state index contributed by atoms with van der Waals surface area (Å²) in [6, 6.07) is 5.66. The molecule has 0 aliphatic carbocycles. The van der Waals surface area contributed by atoms with Crippen molar-refractivity contribution in [2.45, 2.75) is 12.8 Å². The molecule has 0 amide bonds. The number of non-ortho nitro benzene ring substituents is 1. The molecule has 0 bridgehead atoms. The van der Waals surface area contributed by atoms with Gasteiger partial charge in [-0.1, -0.05) is 0 Å². The highest BCUT2D eigenvalue weighted by Crippen LogP contribution is 2.22. The van der Waals surface area contributed by atoms with E-state index in [2.05, 4.69) is 15.3 Å². The topological polar surface area (TPSA) is 140 Å². The molecule has 1 fully saturated rings. The predicted molar refractivity (Wildman–Crippen MR) is 95.1 cm³/mol. The molecule has 1 saturated heterocycles. The van der Waals surface area contributed by atoms with E-state index in [4.69, 9.17) is 15.9 Å². The second-order valence-corrected chi connectivity index (χ2v) is 5.23. The number of nitro groups is 1. The van der Waals surface area contributed by atoms with E-state index < -0.39 is 4.92 Å². The maximum Gasteiger partial charge on any atom is 0.269 e.